The van der Waals surface area contributed by atoms with Crippen LogP contribution in [0.4, 0.5) is 0 Å². The number of hydrogen-bond donors (Lipinski definition) is 0. The van der Waals surface area contributed by atoms with Crippen LogP contribution in [0.5, 0.6) is 0 Å². The van der Waals surface area contributed by atoms with Crippen molar-refractivity contribution in [1.29, 1.82) is 0 Å². The Morgan fingerprint density at radius 3 is 2.72 bits per heavy atom. The first-order valence-electron chi connectivity index (χ1n) is 6.48. The molecule has 0 aliphatic heterocycles. The lowest BCUT2D eigenvalue weighted by Gasteiger charge is -2.11. The maximum Gasteiger partial charge on any atom is -0.0161 e. The first-order chi connectivity index (χ1) is 8.68. The number of allylic oxidation sites excluding steroid dienone is 7. The van der Waals surface area contributed by atoms with Crippen molar-refractivity contribution in [2.75, 3.05) is 0 Å². The second-order valence-electron chi connectivity index (χ2n) is 4.83. The molecule has 0 N–H and O–H groups in total. The smallest absolute Gasteiger partial charge is 0.0161 e. The molecule has 0 spiro atoms. The van der Waals surface area contributed by atoms with Crippen LogP contribution < -0.4 is 0 Å². The summed E-state index contributed by atoms with van der Waals surface area (Å²) in [5.41, 5.74) is 6.37. The van der Waals surface area contributed by atoms with E-state index in [2.05, 4.69) is 69.0 Å². The Balaban J connectivity index is 2.23. The molecule has 1 aliphatic rings. The average Bonchev–Trinajstić information content (AvgIpc) is 2.40. The Morgan fingerprint density at radius 2 is 2.06 bits per heavy atom. The zero-order valence-electron chi connectivity index (χ0n) is 11.2. The minimum absolute atomic E-state index is 1.10. The first kappa shape index (κ1) is 12.6. The normalized spacial score (nSPS) is 15.4. The van der Waals surface area contributed by atoms with Gasteiger partial charge in [0.25, 0.3) is 0 Å². The summed E-state index contributed by atoms with van der Waals surface area (Å²) in [5, 5.41) is 0. The molecule has 0 unspecified atom stereocenters. The first-order valence-corrected chi connectivity index (χ1v) is 6.48. The highest BCUT2D eigenvalue weighted by Crippen LogP contribution is 2.25. The van der Waals surface area contributed by atoms with Crippen molar-refractivity contribution >= 4 is 5.57 Å². The monoisotopic (exact) mass is 236 g/mol. The largest absolute Gasteiger partial charge is 0.0911 e. The van der Waals surface area contributed by atoms with Gasteiger partial charge in [-0.05, 0) is 54.5 Å². The molecule has 2 rings (SSSR count). The van der Waals surface area contributed by atoms with Gasteiger partial charge < -0.3 is 0 Å². The number of benzene rings is 1. The van der Waals surface area contributed by atoms with Crippen LogP contribution in [-0.2, 0) is 0 Å². The third kappa shape index (κ3) is 2.89. The van der Waals surface area contributed by atoms with Crippen molar-refractivity contribution in [2.45, 2.75) is 26.7 Å². The van der Waals surface area contributed by atoms with Crippen LogP contribution >= 0.6 is 0 Å². The molecule has 0 heterocycles. The van der Waals surface area contributed by atoms with Crippen molar-refractivity contribution in [3.05, 3.63) is 77.4 Å². The summed E-state index contributed by atoms with van der Waals surface area (Å²) in [6.45, 7) is 8.51. The Labute approximate surface area is 110 Å². The summed E-state index contributed by atoms with van der Waals surface area (Å²) in [4.78, 5) is 0. The van der Waals surface area contributed by atoms with E-state index in [0.717, 1.165) is 18.4 Å². The summed E-state index contributed by atoms with van der Waals surface area (Å²) in [7, 11) is 0. The predicted octanol–water partition coefficient (Wildman–Crippen LogP) is 5.23. The van der Waals surface area contributed by atoms with Gasteiger partial charge in [-0.3, -0.25) is 0 Å². The zero-order chi connectivity index (χ0) is 13.0. The van der Waals surface area contributed by atoms with Crippen molar-refractivity contribution in [1.82, 2.24) is 0 Å². The zero-order valence-corrected chi connectivity index (χ0v) is 11.2. The van der Waals surface area contributed by atoms with Crippen molar-refractivity contribution in [3.63, 3.8) is 0 Å². The van der Waals surface area contributed by atoms with Crippen LogP contribution in [0, 0.1) is 6.92 Å². The van der Waals surface area contributed by atoms with Gasteiger partial charge in [0.15, 0.2) is 0 Å². The molecule has 18 heavy (non-hydrogen) atoms. The van der Waals surface area contributed by atoms with Gasteiger partial charge in [0.05, 0.1) is 0 Å². The highest BCUT2D eigenvalue weighted by atomic mass is 14.1. The molecule has 0 aromatic heterocycles. The van der Waals surface area contributed by atoms with E-state index in [1.54, 1.807) is 0 Å². The molecule has 0 saturated carbocycles. The molecule has 0 saturated heterocycles. The van der Waals surface area contributed by atoms with Crippen molar-refractivity contribution in [3.8, 4) is 0 Å². The fourth-order valence-electron chi connectivity index (χ4n) is 2.30. The van der Waals surface area contributed by atoms with E-state index in [9.17, 15) is 0 Å². The SMILES string of the molecule is C=C(/C=C(\C)C1=CC=CCC1)c1ccccc1C. The number of rotatable bonds is 3. The predicted molar refractivity (Wildman–Crippen MR) is 80.4 cm³/mol. The maximum absolute atomic E-state index is 4.20. The molecule has 0 radical (unpaired) electrons. The van der Waals surface area contributed by atoms with E-state index in [0.29, 0.717) is 0 Å². The van der Waals surface area contributed by atoms with Crippen LogP contribution in [0.3, 0.4) is 0 Å². The number of hydrogen-bond acceptors (Lipinski definition) is 0. The van der Waals surface area contributed by atoms with Gasteiger partial charge in [-0.25, -0.2) is 0 Å². The Kier molecular flexibility index (Phi) is 3.99. The molecule has 92 valence electrons. The molecule has 1 aliphatic carbocycles. The topological polar surface area (TPSA) is 0 Å². The molecule has 1 aromatic rings. The third-order valence-corrected chi connectivity index (χ3v) is 3.40. The molecular formula is C18H20. The molecule has 0 atom stereocenters. The van der Waals surface area contributed by atoms with E-state index >= 15 is 0 Å². The van der Waals surface area contributed by atoms with Crippen molar-refractivity contribution < 1.29 is 0 Å². The maximum atomic E-state index is 4.20. The summed E-state index contributed by atoms with van der Waals surface area (Å²) in [6.07, 6.45) is 11.1. The van der Waals surface area contributed by atoms with E-state index in [-0.39, 0.29) is 0 Å². The van der Waals surface area contributed by atoms with Crippen LogP contribution in [0.25, 0.3) is 5.57 Å². The Bertz CT molecular complexity index is 539. The highest BCUT2D eigenvalue weighted by Gasteiger charge is 2.04. The van der Waals surface area contributed by atoms with E-state index in [1.807, 2.05) is 0 Å². The Hall–Kier alpha value is -1.82. The van der Waals surface area contributed by atoms with Gasteiger partial charge >= 0.3 is 0 Å². The second kappa shape index (κ2) is 5.68. The second-order valence-corrected chi connectivity index (χ2v) is 4.83. The van der Waals surface area contributed by atoms with E-state index in [1.165, 1.54) is 22.3 Å². The van der Waals surface area contributed by atoms with Gasteiger partial charge in [-0.15, -0.1) is 0 Å². The van der Waals surface area contributed by atoms with Crippen LogP contribution in [0.2, 0.25) is 0 Å². The molecule has 0 fully saturated rings. The quantitative estimate of drug-likeness (QED) is 0.630. The molecule has 0 amide bonds. The highest BCUT2D eigenvalue weighted by molar-refractivity contribution is 5.75. The van der Waals surface area contributed by atoms with E-state index in [4.69, 9.17) is 0 Å². The number of aryl methyl sites for hydroxylation is 1. The van der Waals surface area contributed by atoms with Crippen LogP contribution in [-0.4, -0.2) is 0 Å². The van der Waals surface area contributed by atoms with Gasteiger partial charge in [-0.2, -0.15) is 0 Å². The summed E-state index contributed by atoms with van der Waals surface area (Å²) < 4.78 is 0. The van der Waals surface area contributed by atoms with Crippen LogP contribution in [0.15, 0.2) is 66.3 Å². The standard InChI is InChI=1S/C18H20/c1-14-9-7-8-12-18(14)16(3)13-15(2)17-10-5-4-6-11-17/h4-5,7-10,12-13H,3,6,11H2,1-2H3/b15-13+. The van der Waals surface area contributed by atoms with Gasteiger partial charge in [0.1, 0.15) is 0 Å². The molecule has 0 heteroatoms. The fraction of sp³-hybridized carbons (Fsp3) is 0.222. The average molecular weight is 236 g/mol. The molecule has 0 bridgehead atoms. The molecule has 0 nitrogen and oxygen atoms in total. The minimum atomic E-state index is 1.10. The lowest BCUT2D eigenvalue weighted by atomic mass is 9.94. The van der Waals surface area contributed by atoms with Crippen molar-refractivity contribution in [2.24, 2.45) is 0 Å². The van der Waals surface area contributed by atoms with Crippen LogP contribution in [0.1, 0.15) is 30.9 Å². The lowest BCUT2D eigenvalue weighted by Crippen LogP contribution is -1.91. The van der Waals surface area contributed by atoms with Gasteiger partial charge in [-0.1, -0.05) is 55.1 Å². The third-order valence-electron chi connectivity index (χ3n) is 3.40. The lowest BCUT2D eigenvalue weighted by molar-refractivity contribution is 0.969. The van der Waals surface area contributed by atoms with Gasteiger partial charge in [0.2, 0.25) is 0 Å². The van der Waals surface area contributed by atoms with Gasteiger partial charge in [0, 0.05) is 0 Å². The molecular weight excluding hydrogens is 216 g/mol. The van der Waals surface area contributed by atoms with E-state index < -0.39 is 0 Å². The minimum Gasteiger partial charge on any atom is -0.0911 e. The summed E-state index contributed by atoms with van der Waals surface area (Å²) >= 11 is 0. The summed E-state index contributed by atoms with van der Waals surface area (Å²) in [6, 6.07) is 8.40. The Morgan fingerprint density at radius 1 is 1.28 bits per heavy atom. The molecule has 1 aromatic carbocycles. The summed E-state index contributed by atoms with van der Waals surface area (Å²) in [5.74, 6) is 0. The fourth-order valence-corrected chi connectivity index (χ4v) is 2.30.